The summed E-state index contributed by atoms with van der Waals surface area (Å²) in [4.78, 5) is 13.3. The molecule has 0 radical (unpaired) electrons. The van der Waals surface area contributed by atoms with E-state index >= 15 is 0 Å². The van der Waals surface area contributed by atoms with Crippen molar-refractivity contribution in [2.45, 2.75) is 32.2 Å². The van der Waals surface area contributed by atoms with E-state index in [2.05, 4.69) is 25.9 Å². The van der Waals surface area contributed by atoms with Crippen LogP contribution < -0.4 is 0 Å². The number of ketones is 1. The highest BCUT2D eigenvalue weighted by molar-refractivity contribution is 5.79. The Morgan fingerprint density at radius 3 is 2.55 bits per heavy atom. The smallest absolute Gasteiger partial charge is 0.134 e. The van der Waals surface area contributed by atoms with E-state index in [4.69, 9.17) is 0 Å². The van der Waals surface area contributed by atoms with Crippen LogP contribution in [0.3, 0.4) is 0 Å². The molecule has 0 aromatic heterocycles. The summed E-state index contributed by atoms with van der Waals surface area (Å²) in [5.74, 6) is 1.12. The summed E-state index contributed by atoms with van der Waals surface area (Å²) in [6.45, 7) is 2.23. The fourth-order valence-electron chi connectivity index (χ4n) is 1.81. The van der Waals surface area contributed by atoms with Gasteiger partial charge in [0.05, 0.1) is 0 Å². The van der Waals surface area contributed by atoms with Crippen LogP contribution >= 0.6 is 0 Å². The molecule has 1 aliphatic carbocycles. The fourth-order valence-corrected chi connectivity index (χ4v) is 1.81. The molecule has 0 aromatic carbocycles. The third-order valence-corrected chi connectivity index (χ3v) is 2.64. The molecule has 0 bridgehead atoms. The van der Waals surface area contributed by atoms with E-state index in [1.165, 1.54) is 0 Å². The maximum absolute atomic E-state index is 11.1. The van der Waals surface area contributed by atoms with Gasteiger partial charge in [-0.3, -0.25) is 4.79 Å². The first kappa shape index (κ1) is 8.72. The Morgan fingerprint density at radius 2 is 2.09 bits per heavy atom. The largest absolute Gasteiger partial charge is 0.306 e. The Balaban J connectivity index is 2.54. The second-order valence-electron chi connectivity index (χ2n) is 3.79. The van der Waals surface area contributed by atoms with E-state index in [1.807, 2.05) is 0 Å². The summed E-state index contributed by atoms with van der Waals surface area (Å²) in [7, 11) is 4.11. The molecule has 0 heterocycles. The number of Topliss-reactive ketones (excluding diaryl/α,β-unsaturated/α-hetero) is 1. The summed E-state index contributed by atoms with van der Waals surface area (Å²) < 4.78 is 0. The van der Waals surface area contributed by atoms with Crippen molar-refractivity contribution in [2.75, 3.05) is 14.1 Å². The molecule has 0 saturated heterocycles. The van der Waals surface area contributed by atoms with Gasteiger partial charge >= 0.3 is 0 Å². The minimum atomic E-state index is 0.432. The lowest BCUT2D eigenvalue weighted by Gasteiger charge is -2.33. The van der Waals surface area contributed by atoms with Gasteiger partial charge in [0, 0.05) is 18.9 Å². The molecule has 1 aliphatic rings. The summed E-state index contributed by atoms with van der Waals surface area (Å²) in [5.41, 5.74) is 0. The zero-order valence-corrected chi connectivity index (χ0v) is 7.63. The molecular formula is C9H17NO. The van der Waals surface area contributed by atoms with Gasteiger partial charge in [-0.1, -0.05) is 6.92 Å². The van der Waals surface area contributed by atoms with Gasteiger partial charge in [-0.25, -0.2) is 0 Å². The van der Waals surface area contributed by atoms with Crippen molar-refractivity contribution in [3.63, 3.8) is 0 Å². The summed E-state index contributed by atoms with van der Waals surface area (Å²) >= 11 is 0. The normalized spacial score (nSPS) is 32.9. The van der Waals surface area contributed by atoms with Crippen molar-refractivity contribution in [1.82, 2.24) is 4.90 Å². The van der Waals surface area contributed by atoms with E-state index in [1.54, 1.807) is 0 Å². The molecule has 2 unspecified atom stereocenters. The second-order valence-corrected chi connectivity index (χ2v) is 3.79. The first-order valence-corrected chi connectivity index (χ1v) is 4.29. The maximum Gasteiger partial charge on any atom is 0.134 e. The predicted octanol–water partition coefficient (Wildman–Crippen LogP) is 1.31. The van der Waals surface area contributed by atoms with Gasteiger partial charge < -0.3 is 4.90 Å². The predicted molar refractivity (Wildman–Crippen MR) is 45.5 cm³/mol. The van der Waals surface area contributed by atoms with Crippen LogP contribution in [0.1, 0.15) is 26.2 Å². The van der Waals surface area contributed by atoms with E-state index in [0.29, 0.717) is 17.7 Å². The molecule has 0 aliphatic heterocycles. The first-order chi connectivity index (χ1) is 5.11. The quantitative estimate of drug-likeness (QED) is 0.569. The molecule has 1 rings (SSSR count). The number of carbonyl (C=O) groups is 1. The van der Waals surface area contributed by atoms with Crippen molar-refractivity contribution in [3.05, 3.63) is 0 Å². The topological polar surface area (TPSA) is 20.3 Å². The Bertz CT molecular complexity index is 154. The van der Waals surface area contributed by atoms with Gasteiger partial charge in [0.25, 0.3) is 0 Å². The second kappa shape index (κ2) is 3.35. The van der Waals surface area contributed by atoms with Crippen molar-refractivity contribution >= 4 is 5.78 Å². The van der Waals surface area contributed by atoms with Crippen LogP contribution in [0.25, 0.3) is 0 Å². The highest BCUT2D eigenvalue weighted by Crippen LogP contribution is 2.24. The number of rotatable bonds is 1. The fraction of sp³-hybridized carbons (Fsp3) is 0.889. The van der Waals surface area contributed by atoms with Gasteiger partial charge in [-0.15, -0.1) is 0 Å². The minimum absolute atomic E-state index is 0.432. The molecule has 0 spiro atoms. The molecule has 11 heavy (non-hydrogen) atoms. The first-order valence-electron chi connectivity index (χ1n) is 4.29. The van der Waals surface area contributed by atoms with Gasteiger partial charge in [0.2, 0.25) is 0 Å². The van der Waals surface area contributed by atoms with Crippen molar-refractivity contribution in [3.8, 4) is 0 Å². The molecule has 2 atom stereocenters. The van der Waals surface area contributed by atoms with Crippen LogP contribution in [0.5, 0.6) is 0 Å². The number of carbonyl (C=O) groups excluding carboxylic acids is 1. The molecule has 1 saturated carbocycles. The molecule has 64 valence electrons. The standard InChI is InChI=1S/C9H17NO/c1-7-4-5-8(11)6-9(7)10(2)3/h7,9H,4-6H2,1-3H3. The molecule has 1 fully saturated rings. The lowest BCUT2D eigenvalue weighted by atomic mass is 9.84. The van der Waals surface area contributed by atoms with E-state index in [-0.39, 0.29) is 0 Å². The molecule has 0 amide bonds. The van der Waals surface area contributed by atoms with Crippen LogP contribution in [0.15, 0.2) is 0 Å². The maximum atomic E-state index is 11.1. The molecule has 2 nitrogen and oxygen atoms in total. The van der Waals surface area contributed by atoms with Crippen molar-refractivity contribution < 1.29 is 4.79 Å². The molecular weight excluding hydrogens is 138 g/mol. The van der Waals surface area contributed by atoms with Gasteiger partial charge in [-0.2, -0.15) is 0 Å². The zero-order valence-electron chi connectivity index (χ0n) is 7.63. The Kier molecular flexibility index (Phi) is 2.66. The van der Waals surface area contributed by atoms with Crippen LogP contribution in [0.4, 0.5) is 0 Å². The van der Waals surface area contributed by atoms with Crippen molar-refractivity contribution in [2.24, 2.45) is 5.92 Å². The Labute approximate surface area is 68.6 Å². The number of nitrogens with zero attached hydrogens (tertiary/aromatic N) is 1. The summed E-state index contributed by atoms with van der Waals surface area (Å²) in [6, 6.07) is 0.483. The van der Waals surface area contributed by atoms with Gasteiger partial charge in [-0.05, 0) is 26.4 Å². The SMILES string of the molecule is CC1CCC(=O)CC1N(C)C. The summed E-state index contributed by atoms with van der Waals surface area (Å²) in [5, 5.41) is 0. The number of hydrogen-bond acceptors (Lipinski definition) is 2. The average Bonchev–Trinajstić information content (AvgIpc) is 1.94. The lowest BCUT2D eigenvalue weighted by molar-refractivity contribution is -0.122. The lowest BCUT2D eigenvalue weighted by Crippen LogP contribution is -2.39. The van der Waals surface area contributed by atoms with Crippen LogP contribution in [-0.4, -0.2) is 30.8 Å². The van der Waals surface area contributed by atoms with E-state index < -0.39 is 0 Å². The highest BCUT2D eigenvalue weighted by Gasteiger charge is 2.27. The van der Waals surface area contributed by atoms with Crippen LogP contribution in [-0.2, 0) is 4.79 Å². The average molecular weight is 155 g/mol. The van der Waals surface area contributed by atoms with E-state index in [9.17, 15) is 4.79 Å². The van der Waals surface area contributed by atoms with Crippen LogP contribution in [0, 0.1) is 5.92 Å². The van der Waals surface area contributed by atoms with Gasteiger partial charge in [0.15, 0.2) is 0 Å². The van der Waals surface area contributed by atoms with Crippen LogP contribution in [0.2, 0.25) is 0 Å². The molecule has 0 aromatic rings. The third kappa shape index (κ3) is 2.03. The highest BCUT2D eigenvalue weighted by atomic mass is 16.1. The van der Waals surface area contributed by atoms with E-state index in [0.717, 1.165) is 19.3 Å². The Hall–Kier alpha value is -0.370. The minimum Gasteiger partial charge on any atom is -0.306 e. The van der Waals surface area contributed by atoms with Gasteiger partial charge in [0.1, 0.15) is 5.78 Å². The monoisotopic (exact) mass is 155 g/mol. The Morgan fingerprint density at radius 1 is 1.45 bits per heavy atom. The summed E-state index contributed by atoms with van der Waals surface area (Å²) in [6.07, 6.45) is 2.63. The molecule has 2 heteroatoms. The molecule has 0 N–H and O–H groups in total. The number of hydrogen-bond donors (Lipinski definition) is 0. The van der Waals surface area contributed by atoms with Crippen molar-refractivity contribution in [1.29, 1.82) is 0 Å². The third-order valence-electron chi connectivity index (χ3n) is 2.64. The zero-order chi connectivity index (χ0) is 8.43.